The lowest BCUT2D eigenvalue weighted by Gasteiger charge is -2.33. The molecule has 0 saturated carbocycles. The summed E-state index contributed by atoms with van der Waals surface area (Å²) in [5.74, 6) is -0.00915. The predicted molar refractivity (Wildman–Crippen MR) is 77.3 cm³/mol. The number of carbonyl (C=O) groups excluding carboxylic acids is 1. The van der Waals surface area contributed by atoms with Crippen LogP contribution in [0, 0.1) is 6.92 Å². The number of nitrogens with zero attached hydrogens (tertiary/aromatic N) is 1. The second kappa shape index (κ2) is 6.50. The van der Waals surface area contributed by atoms with Crippen molar-refractivity contribution in [1.29, 1.82) is 0 Å². The molecule has 1 unspecified atom stereocenters. The van der Waals surface area contributed by atoms with E-state index in [0.717, 1.165) is 15.7 Å². The van der Waals surface area contributed by atoms with Crippen molar-refractivity contribution >= 4 is 27.5 Å². The maximum absolute atomic E-state index is 12.4. The van der Waals surface area contributed by atoms with E-state index in [4.69, 9.17) is 9.84 Å². The lowest BCUT2D eigenvalue weighted by molar-refractivity contribution is -0.134. The van der Waals surface area contributed by atoms with Crippen LogP contribution in [0.3, 0.4) is 0 Å². The van der Waals surface area contributed by atoms with E-state index in [2.05, 4.69) is 15.9 Å². The molecule has 1 aromatic carbocycles. The van der Waals surface area contributed by atoms with Gasteiger partial charge in [0, 0.05) is 23.3 Å². The fourth-order valence-electron chi connectivity index (χ4n) is 2.29. The fraction of sp³-hybridized carbons (Fsp3) is 0.500. The smallest absolute Gasteiger partial charge is 0.256 e. The van der Waals surface area contributed by atoms with Gasteiger partial charge in [-0.25, -0.2) is 0 Å². The van der Waals surface area contributed by atoms with Crippen LogP contribution in [-0.2, 0) is 9.53 Å². The second-order valence-electron chi connectivity index (χ2n) is 4.65. The molecule has 0 aromatic heterocycles. The number of benzene rings is 1. The Bertz CT molecular complexity index is 464. The minimum absolute atomic E-state index is 0.00915. The standard InChI is InChI=1S/C14H18BrNO3/c1-10-9-11(15)4-5-12(10)16-6-8-19-13(14(16)18)3-2-7-17/h4-5,9,13,17H,2-3,6-8H2,1H3. The number of carbonyl (C=O) groups is 1. The molecule has 1 aliphatic rings. The quantitative estimate of drug-likeness (QED) is 0.922. The second-order valence-corrected chi connectivity index (χ2v) is 5.56. The van der Waals surface area contributed by atoms with Crippen molar-refractivity contribution in [3.63, 3.8) is 0 Å². The summed E-state index contributed by atoms with van der Waals surface area (Å²) >= 11 is 3.43. The van der Waals surface area contributed by atoms with Gasteiger partial charge in [-0.15, -0.1) is 0 Å². The van der Waals surface area contributed by atoms with Crippen molar-refractivity contribution < 1.29 is 14.6 Å². The van der Waals surface area contributed by atoms with Crippen LogP contribution in [0.1, 0.15) is 18.4 Å². The highest BCUT2D eigenvalue weighted by Crippen LogP contribution is 2.26. The van der Waals surface area contributed by atoms with Crippen molar-refractivity contribution in [1.82, 2.24) is 0 Å². The third-order valence-electron chi connectivity index (χ3n) is 3.25. The van der Waals surface area contributed by atoms with E-state index in [1.807, 2.05) is 25.1 Å². The summed E-state index contributed by atoms with van der Waals surface area (Å²) in [5, 5.41) is 8.86. The summed E-state index contributed by atoms with van der Waals surface area (Å²) in [6.45, 7) is 3.20. The van der Waals surface area contributed by atoms with Gasteiger partial charge in [0.25, 0.3) is 5.91 Å². The zero-order valence-electron chi connectivity index (χ0n) is 10.9. The molecule has 104 valence electrons. The monoisotopic (exact) mass is 327 g/mol. The summed E-state index contributed by atoms with van der Waals surface area (Å²) in [5.41, 5.74) is 2.00. The van der Waals surface area contributed by atoms with Gasteiger partial charge in [-0.2, -0.15) is 0 Å². The maximum atomic E-state index is 12.4. The number of hydrogen-bond donors (Lipinski definition) is 1. The first-order valence-corrected chi connectivity index (χ1v) is 7.23. The normalized spacial score (nSPS) is 19.8. The van der Waals surface area contributed by atoms with Crippen LogP contribution >= 0.6 is 15.9 Å². The van der Waals surface area contributed by atoms with Gasteiger partial charge in [-0.3, -0.25) is 4.79 Å². The van der Waals surface area contributed by atoms with E-state index in [9.17, 15) is 4.79 Å². The number of hydrogen-bond acceptors (Lipinski definition) is 3. The molecule has 1 aliphatic heterocycles. The number of morpholine rings is 1. The Labute approximate surface area is 121 Å². The van der Waals surface area contributed by atoms with Crippen molar-refractivity contribution in [2.45, 2.75) is 25.9 Å². The molecule has 2 rings (SSSR count). The Balaban J connectivity index is 2.17. The van der Waals surface area contributed by atoms with Gasteiger partial charge < -0.3 is 14.7 Å². The molecule has 1 heterocycles. The van der Waals surface area contributed by atoms with E-state index in [-0.39, 0.29) is 12.5 Å². The summed E-state index contributed by atoms with van der Waals surface area (Å²) in [6, 6.07) is 5.89. The number of aliphatic hydroxyl groups is 1. The number of aryl methyl sites for hydroxylation is 1. The van der Waals surface area contributed by atoms with E-state index < -0.39 is 6.10 Å². The average Bonchev–Trinajstić information content (AvgIpc) is 2.38. The van der Waals surface area contributed by atoms with Crippen molar-refractivity contribution in [2.75, 3.05) is 24.7 Å². The number of halogens is 1. The van der Waals surface area contributed by atoms with Gasteiger partial charge in [0.15, 0.2) is 0 Å². The third kappa shape index (κ3) is 3.35. The Morgan fingerprint density at radius 1 is 1.53 bits per heavy atom. The Morgan fingerprint density at radius 2 is 2.32 bits per heavy atom. The van der Waals surface area contributed by atoms with E-state index in [1.165, 1.54) is 0 Å². The predicted octanol–water partition coefficient (Wildman–Crippen LogP) is 2.26. The maximum Gasteiger partial charge on any atom is 0.256 e. The molecule has 0 radical (unpaired) electrons. The molecule has 19 heavy (non-hydrogen) atoms. The van der Waals surface area contributed by atoms with Crippen LogP contribution in [0.15, 0.2) is 22.7 Å². The highest BCUT2D eigenvalue weighted by atomic mass is 79.9. The highest BCUT2D eigenvalue weighted by molar-refractivity contribution is 9.10. The first-order chi connectivity index (χ1) is 9.13. The first-order valence-electron chi connectivity index (χ1n) is 6.43. The summed E-state index contributed by atoms with van der Waals surface area (Å²) in [6.07, 6.45) is 0.731. The summed E-state index contributed by atoms with van der Waals surface area (Å²) < 4.78 is 6.50. The van der Waals surface area contributed by atoms with Gasteiger partial charge >= 0.3 is 0 Å². The fourth-order valence-corrected chi connectivity index (χ4v) is 2.76. The van der Waals surface area contributed by atoms with Crippen LogP contribution in [0.4, 0.5) is 5.69 Å². The molecular weight excluding hydrogens is 310 g/mol. The Hall–Kier alpha value is -0.910. The molecule has 1 aromatic rings. The highest BCUT2D eigenvalue weighted by Gasteiger charge is 2.30. The molecule has 5 heteroatoms. The van der Waals surface area contributed by atoms with Gasteiger partial charge in [0.2, 0.25) is 0 Å². The molecule has 1 fully saturated rings. The molecule has 1 N–H and O–H groups in total. The Morgan fingerprint density at radius 3 is 3.00 bits per heavy atom. The number of ether oxygens (including phenoxy) is 1. The van der Waals surface area contributed by atoms with E-state index in [1.54, 1.807) is 4.90 Å². The van der Waals surface area contributed by atoms with Gasteiger partial charge in [-0.1, -0.05) is 15.9 Å². The molecule has 0 bridgehead atoms. The number of aliphatic hydroxyl groups excluding tert-OH is 1. The number of anilines is 1. The van der Waals surface area contributed by atoms with Crippen molar-refractivity contribution in [3.8, 4) is 0 Å². The van der Waals surface area contributed by atoms with Crippen LogP contribution < -0.4 is 4.90 Å². The third-order valence-corrected chi connectivity index (χ3v) is 3.74. The topological polar surface area (TPSA) is 49.8 Å². The van der Waals surface area contributed by atoms with Crippen LogP contribution in [0.5, 0.6) is 0 Å². The average molecular weight is 328 g/mol. The lowest BCUT2D eigenvalue weighted by Crippen LogP contribution is -2.48. The molecule has 1 saturated heterocycles. The molecule has 1 amide bonds. The van der Waals surface area contributed by atoms with Crippen molar-refractivity contribution in [2.24, 2.45) is 0 Å². The molecule has 1 atom stereocenters. The van der Waals surface area contributed by atoms with E-state index in [0.29, 0.717) is 26.0 Å². The largest absolute Gasteiger partial charge is 0.396 e. The minimum Gasteiger partial charge on any atom is -0.396 e. The Kier molecular flexibility index (Phi) is 4.96. The molecule has 0 aliphatic carbocycles. The van der Waals surface area contributed by atoms with Crippen LogP contribution in [0.25, 0.3) is 0 Å². The molecule has 4 nitrogen and oxygen atoms in total. The van der Waals surface area contributed by atoms with Crippen LogP contribution in [0.2, 0.25) is 0 Å². The lowest BCUT2D eigenvalue weighted by atomic mass is 10.1. The first kappa shape index (κ1) is 14.5. The SMILES string of the molecule is Cc1cc(Br)ccc1N1CCOC(CCCO)C1=O. The van der Waals surface area contributed by atoms with Crippen LogP contribution in [-0.4, -0.2) is 36.9 Å². The summed E-state index contributed by atoms with van der Waals surface area (Å²) in [7, 11) is 0. The number of rotatable bonds is 4. The van der Waals surface area contributed by atoms with Gasteiger partial charge in [0.05, 0.1) is 6.61 Å². The summed E-state index contributed by atoms with van der Waals surface area (Å²) in [4.78, 5) is 14.2. The van der Waals surface area contributed by atoms with Gasteiger partial charge in [0.1, 0.15) is 6.10 Å². The zero-order valence-corrected chi connectivity index (χ0v) is 12.5. The van der Waals surface area contributed by atoms with Gasteiger partial charge in [-0.05, 0) is 43.5 Å². The minimum atomic E-state index is -0.427. The van der Waals surface area contributed by atoms with Crippen molar-refractivity contribution in [3.05, 3.63) is 28.2 Å². The number of amides is 1. The molecular formula is C14H18BrNO3. The molecule has 0 spiro atoms. The van der Waals surface area contributed by atoms with E-state index >= 15 is 0 Å². The zero-order chi connectivity index (χ0) is 13.8.